The molecule has 8 heteroatoms. The van der Waals surface area contributed by atoms with Gasteiger partial charge in [-0.3, -0.25) is 9.80 Å². The summed E-state index contributed by atoms with van der Waals surface area (Å²) in [5.41, 5.74) is 1.32. The van der Waals surface area contributed by atoms with Crippen LogP contribution >= 0.6 is 11.6 Å². The fourth-order valence-corrected chi connectivity index (χ4v) is 6.93. The predicted molar refractivity (Wildman–Crippen MR) is 133 cm³/mol. The van der Waals surface area contributed by atoms with Crippen LogP contribution in [0.15, 0.2) is 59.5 Å². The number of benzene rings is 2. The van der Waals surface area contributed by atoms with Crippen molar-refractivity contribution >= 4 is 27.3 Å². The molecule has 0 saturated carbocycles. The second-order valence-electron chi connectivity index (χ2n) is 9.62. The van der Waals surface area contributed by atoms with Gasteiger partial charge in [0.05, 0.1) is 4.90 Å². The number of sulfonamides is 1. The highest BCUT2D eigenvalue weighted by molar-refractivity contribution is 7.89. The standard InChI is InChI=1S/C25H33ClN4O2S/c26-22-6-8-25(9-7-22)33(31,32)27-17-24-16-20-10-11-30(24)19-21(20)18-28-12-14-29(15-13-28)23-4-2-1-3-5-23/h1-9,20-21,24,27H,10-19H2. The van der Waals surface area contributed by atoms with Crippen molar-refractivity contribution in [2.75, 3.05) is 57.3 Å². The first-order chi connectivity index (χ1) is 16.0. The van der Waals surface area contributed by atoms with Crippen LogP contribution in [0, 0.1) is 11.8 Å². The zero-order valence-electron chi connectivity index (χ0n) is 18.9. The summed E-state index contributed by atoms with van der Waals surface area (Å²) in [6, 6.07) is 17.3. The summed E-state index contributed by atoms with van der Waals surface area (Å²) >= 11 is 5.89. The van der Waals surface area contributed by atoms with Crippen molar-refractivity contribution in [3.63, 3.8) is 0 Å². The van der Waals surface area contributed by atoms with Gasteiger partial charge in [-0.15, -0.1) is 0 Å². The molecule has 4 aliphatic rings. The number of nitrogens with zero attached hydrogens (tertiary/aromatic N) is 3. The van der Waals surface area contributed by atoms with E-state index in [4.69, 9.17) is 11.6 Å². The Kier molecular flexibility index (Phi) is 6.95. The first-order valence-electron chi connectivity index (χ1n) is 12.0. The molecule has 0 radical (unpaired) electrons. The van der Waals surface area contributed by atoms with E-state index in [2.05, 4.69) is 49.8 Å². The van der Waals surface area contributed by atoms with E-state index >= 15 is 0 Å². The SMILES string of the molecule is O=S(=O)(NCC1CC2CCN1CC2CN1CCN(c2ccccc2)CC1)c1ccc(Cl)cc1. The molecule has 2 bridgehead atoms. The van der Waals surface area contributed by atoms with Crippen LogP contribution in [0.1, 0.15) is 12.8 Å². The highest BCUT2D eigenvalue weighted by Gasteiger charge is 2.41. The lowest BCUT2D eigenvalue weighted by molar-refractivity contribution is -0.0107. The molecule has 4 atom stereocenters. The maximum absolute atomic E-state index is 12.7. The number of fused-ring (bicyclic) bond motifs is 3. The van der Waals surface area contributed by atoms with E-state index in [1.54, 1.807) is 24.3 Å². The molecule has 6 nitrogen and oxygen atoms in total. The normalized spacial score (nSPS) is 28.2. The summed E-state index contributed by atoms with van der Waals surface area (Å²) < 4.78 is 28.2. The lowest BCUT2D eigenvalue weighted by Crippen LogP contribution is -2.59. The quantitative estimate of drug-likeness (QED) is 0.648. The number of hydrogen-bond donors (Lipinski definition) is 1. The van der Waals surface area contributed by atoms with Gasteiger partial charge in [0.25, 0.3) is 0 Å². The van der Waals surface area contributed by atoms with Gasteiger partial charge < -0.3 is 4.90 Å². The first kappa shape index (κ1) is 23.1. The number of rotatable bonds is 7. The second-order valence-corrected chi connectivity index (χ2v) is 11.8. The van der Waals surface area contributed by atoms with Crippen LogP contribution in [0.5, 0.6) is 0 Å². The highest BCUT2D eigenvalue weighted by Crippen LogP contribution is 2.37. The van der Waals surface area contributed by atoms with E-state index in [1.165, 1.54) is 12.1 Å². The minimum absolute atomic E-state index is 0.274. The van der Waals surface area contributed by atoms with Crippen LogP contribution in [-0.4, -0.2) is 76.6 Å². The smallest absolute Gasteiger partial charge is 0.240 e. The molecule has 0 aromatic heterocycles. The molecule has 2 aromatic rings. The van der Waals surface area contributed by atoms with Crippen LogP contribution in [0.25, 0.3) is 0 Å². The molecule has 33 heavy (non-hydrogen) atoms. The van der Waals surface area contributed by atoms with Crippen molar-refractivity contribution in [1.29, 1.82) is 0 Å². The Morgan fingerprint density at radius 2 is 1.67 bits per heavy atom. The summed E-state index contributed by atoms with van der Waals surface area (Å²) in [5.74, 6) is 1.37. The van der Waals surface area contributed by atoms with Gasteiger partial charge in [-0.2, -0.15) is 0 Å². The third kappa shape index (κ3) is 5.38. The Hall–Kier alpha value is -1.64. The molecular weight excluding hydrogens is 456 g/mol. The summed E-state index contributed by atoms with van der Waals surface area (Å²) in [7, 11) is -3.51. The Balaban J connectivity index is 1.11. The lowest BCUT2D eigenvalue weighted by atomic mass is 9.75. The maximum Gasteiger partial charge on any atom is 0.240 e. The van der Waals surface area contributed by atoms with Crippen LogP contribution in [0.4, 0.5) is 5.69 Å². The Bertz CT molecular complexity index is 1030. The van der Waals surface area contributed by atoms with Gasteiger partial charge in [0.1, 0.15) is 0 Å². The number of nitrogens with one attached hydrogen (secondary N) is 1. The van der Waals surface area contributed by atoms with E-state index in [1.807, 2.05) is 0 Å². The first-order valence-corrected chi connectivity index (χ1v) is 13.9. The molecule has 1 N–H and O–H groups in total. The number of piperidine rings is 3. The van der Waals surface area contributed by atoms with E-state index in [-0.39, 0.29) is 10.9 Å². The lowest BCUT2D eigenvalue weighted by Gasteiger charge is -2.51. The number of para-hydroxylation sites is 1. The molecule has 178 valence electrons. The van der Waals surface area contributed by atoms with Gasteiger partial charge in [0, 0.05) is 62.6 Å². The van der Waals surface area contributed by atoms with E-state index in [0.29, 0.717) is 23.4 Å². The molecule has 4 aliphatic heterocycles. The Morgan fingerprint density at radius 3 is 2.33 bits per heavy atom. The molecule has 4 fully saturated rings. The largest absolute Gasteiger partial charge is 0.369 e. The number of piperazine rings is 1. The van der Waals surface area contributed by atoms with Gasteiger partial charge >= 0.3 is 0 Å². The molecule has 4 unspecified atom stereocenters. The van der Waals surface area contributed by atoms with Crippen molar-refractivity contribution in [1.82, 2.24) is 14.5 Å². The molecule has 6 rings (SSSR count). The minimum Gasteiger partial charge on any atom is -0.369 e. The topological polar surface area (TPSA) is 55.9 Å². The second kappa shape index (κ2) is 9.92. The van der Waals surface area contributed by atoms with Crippen LogP contribution in [0.2, 0.25) is 5.02 Å². The number of anilines is 1. The van der Waals surface area contributed by atoms with Gasteiger partial charge in [-0.1, -0.05) is 29.8 Å². The minimum atomic E-state index is -3.51. The summed E-state index contributed by atoms with van der Waals surface area (Å²) in [6.45, 7) is 8.19. The van der Waals surface area contributed by atoms with Crippen LogP contribution in [0.3, 0.4) is 0 Å². The maximum atomic E-state index is 12.7. The van der Waals surface area contributed by atoms with E-state index in [9.17, 15) is 8.42 Å². The molecule has 0 amide bonds. The number of halogens is 1. The van der Waals surface area contributed by atoms with Crippen molar-refractivity contribution in [2.24, 2.45) is 11.8 Å². The molecular formula is C25H33ClN4O2S. The van der Waals surface area contributed by atoms with Crippen molar-refractivity contribution in [3.8, 4) is 0 Å². The molecule has 4 heterocycles. The zero-order chi connectivity index (χ0) is 22.8. The van der Waals surface area contributed by atoms with Gasteiger partial charge in [-0.25, -0.2) is 13.1 Å². The predicted octanol–water partition coefficient (Wildman–Crippen LogP) is 3.15. The fourth-order valence-electron chi connectivity index (χ4n) is 5.73. The average molecular weight is 489 g/mol. The summed E-state index contributed by atoms with van der Waals surface area (Å²) in [5, 5.41) is 0.539. The number of hydrogen-bond acceptors (Lipinski definition) is 5. The van der Waals surface area contributed by atoms with Crippen LogP contribution < -0.4 is 9.62 Å². The molecule has 4 saturated heterocycles. The third-order valence-corrected chi connectivity index (χ3v) is 9.32. The zero-order valence-corrected chi connectivity index (χ0v) is 20.5. The summed E-state index contributed by atoms with van der Waals surface area (Å²) in [4.78, 5) is 7.89. The van der Waals surface area contributed by atoms with Crippen LogP contribution in [-0.2, 0) is 10.0 Å². The Labute approximate surface area is 202 Å². The Morgan fingerprint density at radius 1 is 0.939 bits per heavy atom. The van der Waals surface area contributed by atoms with Gasteiger partial charge in [-0.05, 0) is 67.6 Å². The summed E-state index contributed by atoms with van der Waals surface area (Å²) in [6.07, 6.45) is 2.31. The van der Waals surface area contributed by atoms with Crippen molar-refractivity contribution in [3.05, 3.63) is 59.6 Å². The highest BCUT2D eigenvalue weighted by atomic mass is 35.5. The third-order valence-electron chi connectivity index (χ3n) is 7.63. The molecule has 2 aromatic carbocycles. The molecule has 0 spiro atoms. The van der Waals surface area contributed by atoms with Crippen molar-refractivity contribution in [2.45, 2.75) is 23.8 Å². The van der Waals surface area contributed by atoms with Gasteiger partial charge in [0.15, 0.2) is 0 Å². The van der Waals surface area contributed by atoms with Crippen molar-refractivity contribution < 1.29 is 8.42 Å². The molecule has 0 aliphatic carbocycles. The van der Waals surface area contributed by atoms with Gasteiger partial charge in [0.2, 0.25) is 10.0 Å². The van der Waals surface area contributed by atoms with E-state index in [0.717, 1.165) is 52.2 Å². The fraction of sp³-hybridized carbons (Fsp3) is 0.520. The van der Waals surface area contributed by atoms with E-state index < -0.39 is 10.0 Å². The monoisotopic (exact) mass is 488 g/mol. The average Bonchev–Trinajstić information content (AvgIpc) is 2.85.